The lowest BCUT2D eigenvalue weighted by molar-refractivity contribution is 0.0597. The molecule has 0 saturated carbocycles. The van der Waals surface area contributed by atoms with E-state index in [0.717, 1.165) is 0 Å². The normalized spacial score (nSPS) is 9.87. The van der Waals surface area contributed by atoms with Crippen LogP contribution in [0.2, 0.25) is 5.02 Å². The minimum Gasteiger partial charge on any atom is -0.506 e. The molecular weight excluding hydrogens is 287 g/mol. The molecule has 0 aromatic heterocycles. The summed E-state index contributed by atoms with van der Waals surface area (Å²) in [6.45, 7) is 0. The van der Waals surface area contributed by atoms with E-state index in [2.05, 4.69) is 20.7 Å². The second-order valence-electron chi connectivity index (χ2n) is 2.59. The molecule has 0 bridgehead atoms. The van der Waals surface area contributed by atoms with E-state index < -0.39 is 5.97 Å². The van der Waals surface area contributed by atoms with Crippen molar-refractivity contribution in [3.63, 3.8) is 0 Å². The Morgan fingerprint density at radius 3 is 2.60 bits per heavy atom. The molecular formula is C9H8BrClO4. The van der Waals surface area contributed by atoms with Gasteiger partial charge in [0.15, 0.2) is 5.75 Å². The first-order valence-electron chi connectivity index (χ1n) is 3.86. The number of carbonyl (C=O) groups is 1. The number of rotatable bonds is 2. The van der Waals surface area contributed by atoms with Crippen LogP contribution in [-0.2, 0) is 4.74 Å². The molecule has 0 saturated heterocycles. The number of phenols is 1. The third-order valence-electron chi connectivity index (χ3n) is 1.76. The molecule has 1 rings (SSSR count). The summed E-state index contributed by atoms with van der Waals surface area (Å²) >= 11 is 8.91. The van der Waals surface area contributed by atoms with Crippen LogP contribution in [0.25, 0.3) is 0 Å². The average molecular weight is 296 g/mol. The summed E-state index contributed by atoms with van der Waals surface area (Å²) in [4.78, 5) is 11.2. The highest BCUT2D eigenvalue weighted by atomic mass is 79.9. The number of hydrogen-bond donors (Lipinski definition) is 1. The monoisotopic (exact) mass is 294 g/mol. The zero-order chi connectivity index (χ0) is 11.6. The van der Waals surface area contributed by atoms with Crippen molar-refractivity contribution in [2.75, 3.05) is 14.2 Å². The van der Waals surface area contributed by atoms with Gasteiger partial charge in [0.25, 0.3) is 0 Å². The van der Waals surface area contributed by atoms with E-state index in [0.29, 0.717) is 0 Å². The van der Waals surface area contributed by atoms with Crippen molar-refractivity contribution in [2.24, 2.45) is 0 Å². The fourth-order valence-corrected chi connectivity index (χ4v) is 2.03. The Hall–Kier alpha value is -0.940. The predicted molar refractivity (Wildman–Crippen MR) is 58.7 cm³/mol. The third kappa shape index (κ3) is 2.18. The average Bonchev–Trinajstić information content (AvgIpc) is 2.23. The predicted octanol–water partition coefficient (Wildman–Crippen LogP) is 2.60. The Labute approximate surface area is 99.9 Å². The van der Waals surface area contributed by atoms with Crippen molar-refractivity contribution in [3.8, 4) is 11.5 Å². The van der Waals surface area contributed by atoms with Crippen molar-refractivity contribution in [2.45, 2.75) is 0 Å². The van der Waals surface area contributed by atoms with Crippen LogP contribution in [0.5, 0.6) is 11.5 Å². The van der Waals surface area contributed by atoms with E-state index in [1.807, 2.05) is 0 Å². The first-order valence-corrected chi connectivity index (χ1v) is 5.03. The van der Waals surface area contributed by atoms with E-state index in [-0.39, 0.29) is 26.6 Å². The molecule has 0 aliphatic rings. The van der Waals surface area contributed by atoms with Gasteiger partial charge in [-0.25, -0.2) is 4.79 Å². The molecule has 0 spiro atoms. The van der Waals surface area contributed by atoms with Crippen molar-refractivity contribution >= 4 is 33.5 Å². The van der Waals surface area contributed by atoms with Gasteiger partial charge in [0.1, 0.15) is 15.8 Å². The molecule has 82 valence electrons. The van der Waals surface area contributed by atoms with Gasteiger partial charge in [-0.05, 0) is 22.0 Å². The largest absolute Gasteiger partial charge is 0.506 e. The lowest BCUT2D eigenvalue weighted by Gasteiger charge is -2.10. The lowest BCUT2D eigenvalue weighted by atomic mass is 10.2. The maximum atomic E-state index is 11.2. The van der Waals surface area contributed by atoms with Crippen molar-refractivity contribution in [1.29, 1.82) is 0 Å². The number of halogens is 2. The van der Waals surface area contributed by atoms with Crippen LogP contribution in [0.15, 0.2) is 10.5 Å². The first kappa shape index (κ1) is 12.1. The highest BCUT2D eigenvalue weighted by Gasteiger charge is 2.20. The zero-order valence-electron chi connectivity index (χ0n) is 8.01. The van der Waals surface area contributed by atoms with Gasteiger partial charge < -0.3 is 14.6 Å². The molecule has 1 N–H and O–H groups in total. The minimum absolute atomic E-state index is 0.0184. The van der Waals surface area contributed by atoms with Crippen molar-refractivity contribution in [3.05, 3.63) is 21.1 Å². The molecule has 15 heavy (non-hydrogen) atoms. The number of benzene rings is 1. The number of carbonyl (C=O) groups excluding carboxylic acids is 1. The number of phenolic OH excluding ortho intramolecular Hbond substituents is 1. The van der Waals surface area contributed by atoms with E-state index >= 15 is 0 Å². The molecule has 0 atom stereocenters. The van der Waals surface area contributed by atoms with E-state index in [4.69, 9.17) is 16.3 Å². The smallest absolute Gasteiger partial charge is 0.341 e. The molecule has 1 aromatic rings. The molecule has 0 unspecified atom stereocenters. The molecule has 0 amide bonds. The molecule has 0 heterocycles. The van der Waals surface area contributed by atoms with Gasteiger partial charge >= 0.3 is 5.97 Å². The molecule has 0 aliphatic heterocycles. The molecule has 1 aromatic carbocycles. The van der Waals surface area contributed by atoms with Crippen LogP contribution >= 0.6 is 27.5 Å². The van der Waals surface area contributed by atoms with Gasteiger partial charge in [0.05, 0.1) is 19.2 Å². The highest BCUT2D eigenvalue weighted by molar-refractivity contribution is 9.10. The molecule has 4 nitrogen and oxygen atoms in total. The maximum absolute atomic E-state index is 11.2. The van der Waals surface area contributed by atoms with Crippen LogP contribution in [0.3, 0.4) is 0 Å². The molecule has 6 heteroatoms. The Balaban J connectivity index is 3.40. The summed E-state index contributed by atoms with van der Waals surface area (Å²) in [6, 6.07) is 1.28. The first-order chi connectivity index (χ1) is 7.02. The van der Waals surface area contributed by atoms with Crippen molar-refractivity contribution in [1.82, 2.24) is 0 Å². The topological polar surface area (TPSA) is 55.8 Å². The summed E-state index contributed by atoms with van der Waals surface area (Å²) in [5, 5.41) is 9.86. The number of esters is 1. The lowest BCUT2D eigenvalue weighted by Crippen LogP contribution is -2.02. The van der Waals surface area contributed by atoms with Gasteiger partial charge in [-0.3, -0.25) is 0 Å². The molecule has 0 fully saturated rings. The number of methoxy groups -OCH3 is 2. The second-order valence-corrected chi connectivity index (χ2v) is 3.79. The summed E-state index contributed by atoms with van der Waals surface area (Å²) < 4.78 is 9.64. The van der Waals surface area contributed by atoms with Gasteiger partial charge in [-0.1, -0.05) is 11.6 Å². The Morgan fingerprint density at radius 1 is 1.53 bits per heavy atom. The SMILES string of the molecule is COC(=O)c1cc(Cl)c(OC)c(Br)c1O. The zero-order valence-corrected chi connectivity index (χ0v) is 10.3. The van der Waals surface area contributed by atoms with E-state index in [1.165, 1.54) is 20.3 Å². The fraction of sp³-hybridized carbons (Fsp3) is 0.222. The summed E-state index contributed by atoms with van der Waals surface area (Å²) in [6.07, 6.45) is 0. The van der Waals surface area contributed by atoms with Crippen molar-refractivity contribution < 1.29 is 19.4 Å². The second kappa shape index (κ2) is 4.72. The van der Waals surface area contributed by atoms with E-state index in [1.54, 1.807) is 0 Å². The number of hydrogen-bond acceptors (Lipinski definition) is 4. The van der Waals surface area contributed by atoms with Gasteiger partial charge in [-0.2, -0.15) is 0 Å². The minimum atomic E-state index is -0.669. The van der Waals surface area contributed by atoms with Crippen LogP contribution in [0.1, 0.15) is 10.4 Å². The van der Waals surface area contributed by atoms with Crippen LogP contribution < -0.4 is 4.74 Å². The Kier molecular flexibility index (Phi) is 3.82. The molecule has 0 radical (unpaired) electrons. The van der Waals surface area contributed by atoms with Crippen LogP contribution in [-0.4, -0.2) is 25.3 Å². The Bertz CT molecular complexity index is 406. The fourth-order valence-electron chi connectivity index (χ4n) is 1.04. The molecule has 0 aliphatic carbocycles. The van der Waals surface area contributed by atoms with Gasteiger partial charge in [0.2, 0.25) is 0 Å². The number of aromatic hydroxyl groups is 1. The van der Waals surface area contributed by atoms with Crippen LogP contribution in [0, 0.1) is 0 Å². The summed E-state index contributed by atoms with van der Waals surface area (Å²) in [5.74, 6) is -0.664. The summed E-state index contributed by atoms with van der Waals surface area (Å²) in [5.41, 5.74) is -0.0184. The quantitative estimate of drug-likeness (QED) is 0.852. The maximum Gasteiger partial charge on any atom is 0.341 e. The van der Waals surface area contributed by atoms with Crippen LogP contribution in [0.4, 0.5) is 0 Å². The van der Waals surface area contributed by atoms with Gasteiger partial charge in [-0.15, -0.1) is 0 Å². The summed E-state index contributed by atoms with van der Waals surface area (Å²) in [7, 11) is 2.62. The standard InChI is InChI=1S/C9H8BrClO4/c1-14-8-5(11)3-4(9(13)15-2)7(12)6(8)10/h3,12H,1-2H3. The highest BCUT2D eigenvalue weighted by Crippen LogP contribution is 2.41. The Morgan fingerprint density at radius 2 is 2.13 bits per heavy atom. The third-order valence-corrected chi connectivity index (χ3v) is 2.78. The number of ether oxygens (including phenoxy) is 2. The van der Waals surface area contributed by atoms with E-state index in [9.17, 15) is 9.90 Å². The van der Waals surface area contributed by atoms with Gasteiger partial charge in [0, 0.05) is 0 Å².